The average molecular weight is 382 g/mol. The van der Waals surface area contributed by atoms with E-state index in [0.717, 1.165) is 23.2 Å². The first-order valence-corrected chi connectivity index (χ1v) is 9.81. The Bertz CT molecular complexity index is 534. The Morgan fingerprint density at radius 1 is 1.40 bits per heavy atom. The summed E-state index contributed by atoms with van der Waals surface area (Å²) in [7, 11) is -3.33. The van der Waals surface area contributed by atoms with Gasteiger partial charge in [0.25, 0.3) is 10.0 Å². The van der Waals surface area contributed by atoms with Crippen LogP contribution in [-0.4, -0.2) is 38.5 Å². The number of ether oxygens (including phenoxy) is 1. The van der Waals surface area contributed by atoms with Gasteiger partial charge in [-0.15, -0.1) is 11.3 Å². The van der Waals surface area contributed by atoms with E-state index in [2.05, 4.69) is 29.8 Å². The molecule has 1 aromatic heterocycles. The van der Waals surface area contributed by atoms with Crippen LogP contribution in [0.2, 0.25) is 0 Å². The van der Waals surface area contributed by atoms with Gasteiger partial charge >= 0.3 is 0 Å². The molecule has 0 aliphatic carbocycles. The summed E-state index contributed by atoms with van der Waals surface area (Å²) < 4.78 is 33.5. The minimum absolute atomic E-state index is 0.193. The highest BCUT2D eigenvalue weighted by Gasteiger charge is 2.30. The summed E-state index contributed by atoms with van der Waals surface area (Å²) in [6, 6.07) is 3.43. The monoisotopic (exact) mass is 381 g/mol. The van der Waals surface area contributed by atoms with Crippen LogP contribution in [0.15, 0.2) is 20.1 Å². The average Bonchev–Trinajstić information content (AvgIpc) is 2.84. The number of piperidine rings is 1. The van der Waals surface area contributed by atoms with Gasteiger partial charge in [-0.3, -0.25) is 0 Å². The molecule has 20 heavy (non-hydrogen) atoms. The third-order valence-corrected chi connectivity index (χ3v) is 7.20. The molecule has 0 bridgehead atoms. The van der Waals surface area contributed by atoms with Gasteiger partial charge < -0.3 is 4.74 Å². The van der Waals surface area contributed by atoms with Crippen LogP contribution in [-0.2, 0) is 14.8 Å². The number of rotatable bonds is 5. The van der Waals surface area contributed by atoms with E-state index >= 15 is 0 Å². The fourth-order valence-electron chi connectivity index (χ4n) is 2.13. The molecule has 2 rings (SSSR count). The van der Waals surface area contributed by atoms with Crippen LogP contribution in [0.4, 0.5) is 0 Å². The molecule has 2 heterocycles. The van der Waals surface area contributed by atoms with E-state index in [9.17, 15) is 8.42 Å². The molecule has 0 N–H and O–H groups in total. The van der Waals surface area contributed by atoms with Gasteiger partial charge in [-0.1, -0.05) is 13.8 Å². The van der Waals surface area contributed by atoms with Crippen LogP contribution in [0, 0.1) is 5.92 Å². The number of thiophene rings is 1. The lowest BCUT2D eigenvalue weighted by Crippen LogP contribution is -2.40. The van der Waals surface area contributed by atoms with Crippen LogP contribution in [0.3, 0.4) is 0 Å². The van der Waals surface area contributed by atoms with Crippen molar-refractivity contribution in [2.75, 3.05) is 19.7 Å². The van der Waals surface area contributed by atoms with Gasteiger partial charge in [0.2, 0.25) is 0 Å². The molecule has 1 saturated heterocycles. The van der Waals surface area contributed by atoms with Crippen molar-refractivity contribution >= 4 is 37.3 Å². The molecule has 0 amide bonds. The number of sulfonamides is 1. The second-order valence-corrected chi connectivity index (χ2v) is 10.0. The van der Waals surface area contributed by atoms with E-state index in [4.69, 9.17) is 4.74 Å². The summed E-state index contributed by atoms with van der Waals surface area (Å²) in [4.78, 5) is 0. The Morgan fingerprint density at radius 2 is 2.05 bits per heavy atom. The first-order chi connectivity index (χ1) is 9.39. The topological polar surface area (TPSA) is 46.6 Å². The van der Waals surface area contributed by atoms with Crippen molar-refractivity contribution in [2.24, 2.45) is 5.92 Å². The van der Waals surface area contributed by atoms with Gasteiger partial charge in [0.1, 0.15) is 4.21 Å². The van der Waals surface area contributed by atoms with Crippen molar-refractivity contribution in [1.82, 2.24) is 4.31 Å². The lowest BCUT2D eigenvalue weighted by atomic mass is 10.1. The molecule has 114 valence electrons. The standard InChI is InChI=1S/C13H20BrNO3S2/c1-10(2)9-18-11-5-7-15(8-6-11)20(16,17)13-4-3-12(14)19-13/h3-4,10-11H,5-9H2,1-2H3. The molecule has 0 atom stereocenters. The molecule has 1 aromatic rings. The maximum absolute atomic E-state index is 12.4. The maximum atomic E-state index is 12.4. The highest BCUT2D eigenvalue weighted by atomic mass is 79.9. The maximum Gasteiger partial charge on any atom is 0.252 e. The fourth-order valence-corrected chi connectivity index (χ4v) is 5.77. The van der Waals surface area contributed by atoms with E-state index in [-0.39, 0.29) is 6.10 Å². The van der Waals surface area contributed by atoms with Gasteiger partial charge in [-0.05, 0) is 46.8 Å². The summed E-state index contributed by atoms with van der Waals surface area (Å²) in [5.41, 5.74) is 0. The van der Waals surface area contributed by atoms with Crippen molar-refractivity contribution < 1.29 is 13.2 Å². The largest absolute Gasteiger partial charge is 0.378 e. The van der Waals surface area contributed by atoms with E-state index in [1.54, 1.807) is 16.4 Å². The summed E-state index contributed by atoms with van der Waals surface area (Å²) in [6.07, 6.45) is 1.75. The molecule has 0 radical (unpaired) electrons. The Labute approximate surface area is 133 Å². The molecule has 1 aliphatic rings. The normalized spacial score (nSPS) is 18.8. The predicted octanol–water partition coefficient (Wildman–Crippen LogP) is 3.34. The molecule has 0 spiro atoms. The smallest absolute Gasteiger partial charge is 0.252 e. The minimum Gasteiger partial charge on any atom is -0.378 e. The number of hydrogen-bond acceptors (Lipinski definition) is 4. The Hall–Kier alpha value is 0.0500. The summed E-state index contributed by atoms with van der Waals surface area (Å²) in [5.74, 6) is 0.514. The van der Waals surface area contributed by atoms with Crippen LogP contribution in [0.25, 0.3) is 0 Å². The quantitative estimate of drug-likeness (QED) is 0.785. The molecular weight excluding hydrogens is 362 g/mol. The van der Waals surface area contributed by atoms with Crippen molar-refractivity contribution in [3.63, 3.8) is 0 Å². The first-order valence-electron chi connectivity index (χ1n) is 6.76. The second kappa shape index (κ2) is 6.87. The Kier molecular flexibility index (Phi) is 5.64. The van der Waals surface area contributed by atoms with E-state index in [1.165, 1.54) is 11.3 Å². The lowest BCUT2D eigenvalue weighted by Gasteiger charge is -2.31. The van der Waals surface area contributed by atoms with Crippen molar-refractivity contribution in [3.05, 3.63) is 15.9 Å². The highest BCUT2D eigenvalue weighted by molar-refractivity contribution is 9.11. The number of halogens is 1. The summed E-state index contributed by atoms with van der Waals surface area (Å²) in [6.45, 7) is 6.07. The van der Waals surface area contributed by atoms with Crippen molar-refractivity contribution in [3.8, 4) is 0 Å². The lowest BCUT2D eigenvalue weighted by molar-refractivity contribution is 0.00751. The Morgan fingerprint density at radius 3 is 2.55 bits per heavy atom. The fraction of sp³-hybridized carbons (Fsp3) is 0.692. The third-order valence-electron chi connectivity index (χ3n) is 3.21. The van der Waals surface area contributed by atoms with Crippen molar-refractivity contribution in [2.45, 2.75) is 37.0 Å². The van der Waals surface area contributed by atoms with E-state index < -0.39 is 10.0 Å². The minimum atomic E-state index is -3.33. The van der Waals surface area contributed by atoms with Crippen LogP contribution in [0.5, 0.6) is 0 Å². The van der Waals surface area contributed by atoms with Gasteiger partial charge in [-0.2, -0.15) is 4.31 Å². The third kappa shape index (κ3) is 4.04. The van der Waals surface area contributed by atoms with Crippen LogP contribution >= 0.6 is 27.3 Å². The molecule has 7 heteroatoms. The van der Waals surface area contributed by atoms with Gasteiger partial charge in [0.05, 0.1) is 9.89 Å². The molecule has 1 fully saturated rings. The summed E-state index contributed by atoms with van der Waals surface area (Å²) >= 11 is 4.57. The Balaban J connectivity index is 1.93. The second-order valence-electron chi connectivity index (χ2n) is 5.39. The van der Waals surface area contributed by atoms with Crippen molar-refractivity contribution in [1.29, 1.82) is 0 Å². The molecule has 0 aromatic carbocycles. The zero-order valence-corrected chi connectivity index (χ0v) is 14.9. The van der Waals surface area contributed by atoms with E-state index in [1.807, 2.05) is 0 Å². The van der Waals surface area contributed by atoms with Gasteiger partial charge in [0, 0.05) is 19.7 Å². The molecular formula is C13H20BrNO3S2. The highest BCUT2D eigenvalue weighted by Crippen LogP contribution is 2.30. The van der Waals surface area contributed by atoms with E-state index in [0.29, 0.717) is 23.2 Å². The zero-order valence-electron chi connectivity index (χ0n) is 11.7. The molecule has 0 unspecified atom stereocenters. The number of nitrogens with zero attached hydrogens (tertiary/aromatic N) is 1. The van der Waals surface area contributed by atoms with Gasteiger partial charge in [-0.25, -0.2) is 8.42 Å². The molecule has 0 saturated carbocycles. The number of hydrogen-bond donors (Lipinski definition) is 0. The SMILES string of the molecule is CC(C)COC1CCN(S(=O)(=O)c2ccc(Br)s2)CC1. The first kappa shape index (κ1) is 16.4. The summed E-state index contributed by atoms with van der Waals surface area (Å²) in [5, 5.41) is 0. The van der Waals surface area contributed by atoms with Crippen LogP contribution < -0.4 is 0 Å². The predicted molar refractivity (Wildman–Crippen MR) is 84.6 cm³/mol. The van der Waals surface area contributed by atoms with Crippen LogP contribution in [0.1, 0.15) is 26.7 Å². The molecule has 4 nitrogen and oxygen atoms in total. The zero-order chi connectivity index (χ0) is 14.8. The van der Waals surface area contributed by atoms with Gasteiger partial charge in [0.15, 0.2) is 0 Å². The molecule has 1 aliphatic heterocycles.